The van der Waals surface area contributed by atoms with Crippen LogP contribution in [-0.2, 0) is 6.42 Å². The average Bonchev–Trinajstić information content (AvgIpc) is 3.14. The number of aromatic nitrogens is 2. The third kappa shape index (κ3) is 3.05. The molecule has 2 amide bonds. The quantitative estimate of drug-likeness (QED) is 0.802. The topological polar surface area (TPSA) is 58.4 Å². The summed E-state index contributed by atoms with van der Waals surface area (Å²) in [5, 5.41) is 5.78. The van der Waals surface area contributed by atoms with Crippen LogP contribution in [0.1, 0.15) is 25.1 Å². The van der Waals surface area contributed by atoms with Crippen LogP contribution in [0.15, 0.2) is 30.6 Å². The van der Waals surface area contributed by atoms with Crippen LogP contribution in [0.3, 0.4) is 0 Å². The minimum atomic E-state index is -0.0459. The fourth-order valence-electron chi connectivity index (χ4n) is 2.10. The maximum absolute atomic E-state index is 11.4. The lowest BCUT2D eigenvalue weighted by molar-refractivity contribution is 0.240. The number of carbonyl (C=O) groups is 1. The van der Waals surface area contributed by atoms with Gasteiger partial charge in [0.25, 0.3) is 0 Å². The normalized spacial score (nSPS) is 14.5. The van der Waals surface area contributed by atoms with Gasteiger partial charge in [0.2, 0.25) is 0 Å². The second-order valence-corrected chi connectivity index (χ2v) is 4.95. The molecule has 3 rings (SSSR count). The highest BCUT2D eigenvalue weighted by atomic mass is 16.2. The summed E-state index contributed by atoms with van der Waals surface area (Å²) in [6.07, 6.45) is 7.89. The predicted molar refractivity (Wildman–Crippen MR) is 73.1 cm³/mol. The number of urea groups is 1. The number of nitrogens with zero attached hydrogens (tertiary/aromatic N) is 2. The van der Waals surface area contributed by atoms with E-state index in [4.69, 9.17) is 0 Å². The second kappa shape index (κ2) is 5.30. The summed E-state index contributed by atoms with van der Waals surface area (Å²) in [4.78, 5) is 15.8. The number of amides is 2. The summed E-state index contributed by atoms with van der Waals surface area (Å²) in [5.41, 5.74) is 1.11. The molecule has 19 heavy (non-hydrogen) atoms. The summed E-state index contributed by atoms with van der Waals surface area (Å²) in [6.45, 7) is 0.681. The molecular formula is C14H18N4O. The van der Waals surface area contributed by atoms with E-state index in [1.165, 1.54) is 0 Å². The summed E-state index contributed by atoms with van der Waals surface area (Å²) >= 11 is 0. The highest BCUT2D eigenvalue weighted by molar-refractivity contribution is 5.74. The molecule has 1 fully saturated rings. The first-order chi connectivity index (χ1) is 9.33. The molecule has 0 saturated heterocycles. The van der Waals surface area contributed by atoms with E-state index in [0.29, 0.717) is 12.6 Å². The van der Waals surface area contributed by atoms with Crippen molar-refractivity contribution in [2.75, 3.05) is 6.54 Å². The van der Waals surface area contributed by atoms with Crippen LogP contribution in [-0.4, -0.2) is 28.0 Å². The standard InChI is InChI=1S/C14H18N4O/c19-14(17-11-6-7-11)15-8-3-5-13-16-10-12-4-1-2-9-18(12)13/h1-2,4,9-11H,3,5-8H2,(H2,15,17,19). The highest BCUT2D eigenvalue weighted by Gasteiger charge is 2.22. The van der Waals surface area contributed by atoms with Gasteiger partial charge in [-0.15, -0.1) is 0 Å². The zero-order chi connectivity index (χ0) is 13.1. The SMILES string of the molecule is O=C(NCCCc1ncc2ccccn12)NC1CC1. The van der Waals surface area contributed by atoms with Gasteiger partial charge in [0.1, 0.15) is 5.82 Å². The van der Waals surface area contributed by atoms with E-state index in [2.05, 4.69) is 20.0 Å². The first-order valence-electron chi connectivity index (χ1n) is 6.78. The van der Waals surface area contributed by atoms with Gasteiger partial charge in [-0.3, -0.25) is 0 Å². The molecule has 1 saturated carbocycles. The molecule has 2 aromatic rings. The predicted octanol–water partition coefficient (Wildman–Crippen LogP) is 1.73. The van der Waals surface area contributed by atoms with Gasteiger partial charge in [-0.1, -0.05) is 6.07 Å². The van der Waals surface area contributed by atoms with Gasteiger partial charge in [0, 0.05) is 25.2 Å². The van der Waals surface area contributed by atoms with Crippen LogP contribution < -0.4 is 10.6 Å². The number of pyridine rings is 1. The Bertz CT molecular complexity index is 574. The van der Waals surface area contributed by atoms with Gasteiger partial charge in [0.05, 0.1) is 11.7 Å². The lowest BCUT2D eigenvalue weighted by atomic mass is 10.3. The summed E-state index contributed by atoms with van der Waals surface area (Å²) in [7, 11) is 0. The zero-order valence-corrected chi connectivity index (χ0v) is 10.8. The number of carbonyl (C=O) groups excluding carboxylic acids is 1. The molecule has 1 aliphatic carbocycles. The smallest absolute Gasteiger partial charge is 0.315 e. The molecule has 100 valence electrons. The van der Waals surface area contributed by atoms with Crippen LogP contribution in [0.5, 0.6) is 0 Å². The number of hydrogen-bond acceptors (Lipinski definition) is 2. The fraction of sp³-hybridized carbons (Fsp3) is 0.429. The minimum Gasteiger partial charge on any atom is -0.338 e. The van der Waals surface area contributed by atoms with Crippen LogP contribution in [0, 0.1) is 0 Å². The highest BCUT2D eigenvalue weighted by Crippen LogP contribution is 2.18. The molecule has 0 aliphatic heterocycles. The van der Waals surface area contributed by atoms with Gasteiger partial charge in [0.15, 0.2) is 0 Å². The van der Waals surface area contributed by atoms with Crippen LogP contribution in [0.2, 0.25) is 0 Å². The summed E-state index contributed by atoms with van der Waals surface area (Å²) in [5.74, 6) is 1.04. The second-order valence-electron chi connectivity index (χ2n) is 4.95. The molecule has 0 bridgehead atoms. The Balaban J connectivity index is 1.45. The van der Waals surface area contributed by atoms with Gasteiger partial charge in [-0.05, 0) is 31.4 Å². The number of fused-ring (bicyclic) bond motifs is 1. The fourth-order valence-corrected chi connectivity index (χ4v) is 2.10. The van der Waals surface area contributed by atoms with E-state index in [0.717, 1.165) is 37.0 Å². The van der Waals surface area contributed by atoms with Crippen molar-refractivity contribution >= 4 is 11.5 Å². The van der Waals surface area contributed by atoms with Crippen molar-refractivity contribution < 1.29 is 4.79 Å². The largest absolute Gasteiger partial charge is 0.338 e. The average molecular weight is 258 g/mol. The molecule has 0 aromatic carbocycles. The van der Waals surface area contributed by atoms with Crippen LogP contribution >= 0.6 is 0 Å². The van der Waals surface area contributed by atoms with Gasteiger partial charge >= 0.3 is 6.03 Å². The Morgan fingerprint density at radius 2 is 2.32 bits per heavy atom. The molecule has 0 unspecified atom stereocenters. The zero-order valence-electron chi connectivity index (χ0n) is 10.8. The molecule has 2 heterocycles. The van der Waals surface area contributed by atoms with E-state index < -0.39 is 0 Å². The monoisotopic (exact) mass is 258 g/mol. The van der Waals surface area contributed by atoms with E-state index in [1.807, 2.05) is 30.6 Å². The number of hydrogen-bond donors (Lipinski definition) is 2. The number of nitrogens with one attached hydrogen (secondary N) is 2. The van der Waals surface area contributed by atoms with Crippen molar-refractivity contribution in [3.63, 3.8) is 0 Å². The maximum atomic E-state index is 11.4. The molecule has 0 spiro atoms. The molecule has 2 aromatic heterocycles. The van der Waals surface area contributed by atoms with Gasteiger partial charge in [-0.2, -0.15) is 0 Å². The van der Waals surface area contributed by atoms with Crippen molar-refractivity contribution in [2.24, 2.45) is 0 Å². The Morgan fingerprint density at radius 3 is 3.16 bits per heavy atom. The van der Waals surface area contributed by atoms with Crippen molar-refractivity contribution in [1.82, 2.24) is 20.0 Å². The Kier molecular flexibility index (Phi) is 3.35. The van der Waals surface area contributed by atoms with Gasteiger partial charge in [-0.25, -0.2) is 9.78 Å². The molecule has 1 aliphatic rings. The number of rotatable bonds is 5. The third-order valence-corrected chi connectivity index (χ3v) is 3.29. The maximum Gasteiger partial charge on any atom is 0.315 e. The van der Waals surface area contributed by atoms with Crippen molar-refractivity contribution in [3.8, 4) is 0 Å². The van der Waals surface area contributed by atoms with Crippen LogP contribution in [0.25, 0.3) is 5.52 Å². The molecule has 5 heteroatoms. The lowest BCUT2D eigenvalue weighted by Crippen LogP contribution is -2.37. The van der Waals surface area contributed by atoms with Gasteiger partial charge < -0.3 is 15.0 Å². The number of aryl methyl sites for hydroxylation is 1. The first-order valence-corrected chi connectivity index (χ1v) is 6.78. The molecule has 2 N–H and O–H groups in total. The summed E-state index contributed by atoms with van der Waals surface area (Å²) in [6, 6.07) is 6.41. The Labute approximate surface area is 112 Å². The van der Waals surface area contributed by atoms with E-state index >= 15 is 0 Å². The summed E-state index contributed by atoms with van der Waals surface area (Å²) < 4.78 is 2.09. The van der Waals surface area contributed by atoms with Crippen molar-refractivity contribution in [3.05, 3.63) is 36.4 Å². The van der Waals surface area contributed by atoms with E-state index in [1.54, 1.807) is 0 Å². The van der Waals surface area contributed by atoms with Crippen molar-refractivity contribution in [1.29, 1.82) is 0 Å². The molecular weight excluding hydrogens is 240 g/mol. The molecule has 0 radical (unpaired) electrons. The lowest BCUT2D eigenvalue weighted by Gasteiger charge is -2.06. The number of imidazole rings is 1. The molecule has 0 atom stereocenters. The third-order valence-electron chi connectivity index (χ3n) is 3.29. The van der Waals surface area contributed by atoms with Crippen LogP contribution in [0.4, 0.5) is 4.79 Å². The first kappa shape index (κ1) is 12.0. The minimum absolute atomic E-state index is 0.0459. The van der Waals surface area contributed by atoms with Crippen molar-refractivity contribution in [2.45, 2.75) is 31.7 Å². The Morgan fingerprint density at radius 1 is 1.42 bits per heavy atom. The molecule has 5 nitrogen and oxygen atoms in total. The Hall–Kier alpha value is -2.04. The van der Waals surface area contributed by atoms with E-state index in [-0.39, 0.29) is 6.03 Å². The van der Waals surface area contributed by atoms with E-state index in [9.17, 15) is 4.79 Å².